The van der Waals surface area contributed by atoms with Crippen LogP contribution in [0.3, 0.4) is 0 Å². The van der Waals surface area contributed by atoms with Crippen LogP contribution >= 0.6 is 0 Å². The molecule has 0 atom stereocenters. The first-order chi connectivity index (χ1) is 6.79. The minimum atomic E-state index is -4.45. The zero-order valence-corrected chi connectivity index (χ0v) is 7.86. The maximum Gasteiger partial charge on any atom is 0.393 e. The average molecular weight is 220 g/mol. The van der Waals surface area contributed by atoms with Crippen LogP contribution in [0.25, 0.3) is 0 Å². The Kier molecular flexibility index (Phi) is 3.12. The van der Waals surface area contributed by atoms with Gasteiger partial charge in [-0.2, -0.15) is 13.2 Å². The number of carbonyl (C=O) groups excluding carboxylic acids is 1. The fourth-order valence-electron chi connectivity index (χ4n) is 1.13. The Morgan fingerprint density at radius 1 is 1.33 bits per heavy atom. The van der Waals surface area contributed by atoms with Crippen LogP contribution in [0, 0.1) is 5.82 Å². The summed E-state index contributed by atoms with van der Waals surface area (Å²) in [5, 5.41) is 0. The van der Waals surface area contributed by atoms with E-state index in [0.717, 1.165) is 12.1 Å². The lowest BCUT2D eigenvalue weighted by atomic mass is 10.1. The Labute approximate surface area is 83.7 Å². The van der Waals surface area contributed by atoms with Gasteiger partial charge in [-0.15, -0.1) is 0 Å². The Morgan fingerprint density at radius 3 is 2.33 bits per heavy atom. The Morgan fingerprint density at radius 2 is 1.93 bits per heavy atom. The first-order valence-corrected chi connectivity index (χ1v) is 4.16. The summed E-state index contributed by atoms with van der Waals surface area (Å²) in [5.74, 6) is -1.38. The highest BCUT2D eigenvalue weighted by molar-refractivity contribution is 5.94. The van der Waals surface area contributed by atoms with Crippen LogP contribution in [0.4, 0.5) is 17.6 Å². The van der Waals surface area contributed by atoms with Crippen LogP contribution in [0.5, 0.6) is 0 Å². The molecule has 5 heteroatoms. The second kappa shape index (κ2) is 4.00. The van der Waals surface area contributed by atoms with Crippen LogP contribution in [-0.4, -0.2) is 12.0 Å². The van der Waals surface area contributed by atoms with Crippen molar-refractivity contribution in [3.05, 3.63) is 35.1 Å². The summed E-state index contributed by atoms with van der Waals surface area (Å²) < 4.78 is 48.9. The normalized spacial score (nSPS) is 11.5. The van der Waals surface area contributed by atoms with Crippen molar-refractivity contribution in [2.24, 2.45) is 0 Å². The zero-order valence-electron chi connectivity index (χ0n) is 7.86. The van der Waals surface area contributed by atoms with Gasteiger partial charge in [0, 0.05) is 5.56 Å². The Hall–Kier alpha value is -1.39. The SMILES string of the molecule is CC(=O)c1ccc(CC(F)(F)F)c(F)c1. The van der Waals surface area contributed by atoms with Crippen molar-refractivity contribution >= 4 is 5.78 Å². The van der Waals surface area contributed by atoms with E-state index in [1.54, 1.807) is 0 Å². The van der Waals surface area contributed by atoms with Crippen LogP contribution < -0.4 is 0 Å². The largest absolute Gasteiger partial charge is 0.393 e. The van der Waals surface area contributed by atoms with Gasteiger partial charge in [0.15, 0.2) is 5.78 Å². The Bertz CT molecular complexity index is 381. The van der Waals surface area contributed by atoms with E-state index in [1.165, 1.54) is 13.0 Å². The third kappa shape index (κ3) is 3.34. The molecule has 1 aromatic carbocycles. The lowest BCUT2D eigenvalue weighted by Gasteiger charge is -2.07. The van der Waals surface area contributed by atoms with Crippen molar-refractivity contribution < 1.29 is 22.4 Å². The number of Topliss-reactive ketones (excluding diaryl/α,β-unsaturated/α-hetero) is 1. The van der Waals surface area contributed by atoms with Crippen LogP contribution in [-0.2, 0) is 6.42 Å². The van der Waals surface area contributed by atoms with Crippen LogP contribution in [0.15, 0.2) is 18.2 Å². The molecular formula is C10H8F4O. The third-order valence-electron chi connectivity index (χ3n) is 1.85. The fraction of sp³-hybridized carbons (Fsp3) is 0.300. The van der Waals surface area contributed by atoms with Crippen molar-refractivity contribution in [3.63, 3.8) is 0 Å². The molecule has 0 fully saturated rings. The van der Waals surface area contributed by atoms with E-state index in [4.69, 9.17) is 0 Å². The van der Waals surface area contributed by atoms with Crippen LogP contribution in [0.1, 0.15) is 22.8 Å². The summed E-state index contributed by atoms with van der Waals surface area (Å²) in [7, 11) is 0. The number of halogens is 4. The van der Waals surface area contributed by atoms with Crippen molar-refractivity contribution in [1.82, 2.24) is 0 Å². The lowest BCUT2D eigenvalue weighted by Crippen LogP contribution is -2.13. The van der Waals surface area contributed by atoms with Gasteiger partial charge in [0.25, 0.3) is 0 Å². The monoisotopic (exact) mass is 220 g/mol. The predicted octanol–water partition coefficient (Wildman–Crippen LogP) is 3.13. The standard InChI is InChI=1S/C10H8F4O/c1-6(15)7-2-3-8(9(11)4-7)5-10(12,13)14/h2-4H,5H2,1H3. The number of hydrogen-bond donors (Lipinski definition) is 0. The average Bonchev–Trinajstić information content (AvgIpc) is 2.05. The summed E-state index contributed by atoms with van der Waals surface area (Å²) >= 11 is 0. The van der Waals surface area contributed by atoms with E-state index < -0.39 is 24.0 Å². The van der Waals surface area contributed by atoms with Crippen molar-refractivity contribution in [2.45, 2.75) is 19.5 Å². The second-order valence-electron chi connectivity index (χ2n) is 3.15. The van der Waals surface area contributed by atoms with E-state index in [9.17, 15) is 22.4 Å². The van der Waals surface area contributed by atoms with E-state index >= 15 is 0 Å². The molecule has 0 amide bonds. The molecule has 0 aliphatic carbocycles. The molecule has 0 aliphatic rings. The third-order valence-corrected chi connectivity index (χ3v) is 1.85. The Balaban J connectivity index is 2.99. The topological polar surface area (TPSA) is 17.1 Å². The second-order valence-corrected chi connectivity index (χ2v) is 3.15. The van der Waals surface area contributed by atoms with Gasteiger partial charge in [0.1, 0.15) is 5.82 Å². The number of carbonyl (C=O) groups is 1. The first kappa shape index (κ1) is 11.7. The van der Waals surface area contributed by atoms with E-state index in [2.05, 4.69) is 0 Å². The highest BCUT2D eigenvalue weighted by atomic mass is 19.4. The molecule has 0 radical (unpaired) electrons. The highest BCUT2D eigenvalue weighted by Crippen LogP contribution is 2.23. The quantitative estimate of drug-likeness (QED) is 0.552. The van der Waals surface area contributed by atoms with Gasteiger partial charge in [0.05, 0.1) is 6.42 Å². The minimum Gasteiger partial charge on any atom is -0.295 e. The molecule has 1 rings (SSSR count). The van der Waals surface area contributed by atoms with E-state index in [1.807, 2.05) is 0 Å². The highest BCUT2D eigenvalue weighted by Gasteiger charge is 2.29. The molecule has 0 unspecified atom stereocenters. The molecule has 0 aliphatic heterocycles. The predicted molar refractivity (Wildman–Crippen MR) is 46.2 cm³/mol. The molecule has 0 saturated heterocycles. The van der Waals surface area contributed by atoms with Gasteiger partial charge in [-0.05, 0) is 18.6 Å². The number of ketones is 1. The number of hydrogen-bond acceptors (Lipinski definition) is 1. The zero-order chi connectivity index (χ0) is 11.6. The molecule has 15 heavy (non-hydrogen) atoms. The molecule has 0 heterocycles. The van der Waals surface area contributed by atoms with E-state index in [-0.39, 0.29) is 11.3 Å². The van der Waals surface area contributed by atoms with Gasteiger partial charge in [-0.3, -0.25) is 4.79 Å². The number of rotatable bonds is 2. The summed E-state index contributed by atoms with van der Waals surface area (Å²) in [6, 6.07) is 3.00. The lowest BCUT2D eigenvalue weighted by molar-refractivity contribution is -0.127. The summed E-state index contributed by atoms with van der Waals surface area (Å²) in [4.78, 5) is 10.8. The maximum absolute atomic E-state index is 13.1. The molecule has 0 aromatic heterocycles. The van der Waals surface area contributed by atoms with Crippen LogP contribution in [0.2, 0.25) is 0 Å². The fourth-order valence-corrected chi connectivity index (χ4v) is 1.13. The number of alkyl halides is 3. The smallest absolute Gasteiger partial charge is 0.295 e. The van der Waals surface area contributed by atoms with Crippen molar-refractivity contribution in [3.8, 4) is 0 Å². The molecule has 1 aromatic rings. The van der Waals surface area contributed by atoms with Crippen molar-refractivity contribution in [2.75, 3.05) is 0 Å². The summed E-state index contributed by atoms with van der Waals surface area (Å²) in [6.07, 6.45) is -5.77. The molecular weight excluding hydrogens is 212 g/mol. The molecule has 0 saturated carbocycles. The molecule has 0 spiro atoms. The molecule has 1 nitrogen and oxygen atoms in total. The molecule has 82 valence electrons. The summed E-state index contributed by atoms with van der Waals surface area (Å²) in [6.45, 7) is 1.22. The van der Waals surface area contributed by atoms with E-state index in [0.29, 0.717) is 0 Å². The first-order valence-electron chi connectivity index (χ1n) is 4.16. The van der Waals surface area contributed by atoms with Gasteiger partial charge in [-0.1, -0.05) is 12.1 Å². The van der Waals surface area contributed by atoms with Gasteiger partial charge in [-0.25, -0.2) is 4.39 Å². The number of benzene rings is 1. The molecule has 0 bridgehead atoms. The minimum absolute atomic E-state index is 0.0680. The van der Waals surface area contributed by atoms with Gasteiger partial charge < -0.3 is 0 Å². The van der Waals surface area contributed by atoms with Gasteiger partial charge in [0.2, 0.25) is 0 Å². The van der Waals surface area contributed by atoms with Gasteiger partial charge >= 0.3 is 6.18 Å². The van der Waals surface area contributed by atoms with Crippen molar-refractivity contribution in [1.29, 1.82) is 0 Å². The maximum atomic E-state index is 13.1. The summed E-state index contributed by atoms with van der Waals surface area (Å²) in [5.41, 5.74) is -0.383. The molecule has 0 N–H and O–H groups in total.